The van der Waals surface area contributed by atoms with Gasteiger partial charge in [0.05, 0.1) is 5.60 Å². The van der Waals surface area contributed by atoms with E-state index in [2.05, 4.69) is 0 Å². The van der Waals surface area contributed by atoms with Gasteiger partial charge in [-0.05, 0) is 38.5 Å². The smallest absolute Gasteiger partial charge is 0.124 e. The van der Waals surface area contributed by atoms with Crippen molar-refractivity contribution in [3.8, 4) is 0 Å². The fraction of sp³-hybridized carbons (Fsp3) is 0.500. The number of anilines is 1. The minimum Gasteiger partial charge on any atom is -0.398 e. The molecule has 0 unspecified atom stereocenters. The van der Waals surface area contributed by atoms with Crippen LogP contribution in [-0.2, 0) is 4.74 Å². The van der Waals surface area contributed by atoms with Crippen LogP contribution in [0.5, 0.6) is 0 Å². The van der Waals surface area contributed by atoms with E-state index in [1.807, 2.05) is 13.8 Å². The molecule has 0 spiro atoms. The number of hydrogen-bond acceptors (Lipinski definition) is 3. The number of nitrogen functional groups attached to an aromatic ring is 1. The molecule has 2 nitrogen and oxygen atoms in total. The highest BCUT2D eigenvalue weighted by atomic mass is 32.2. The van der Waals surface area contributed by atoms with Gasteiger partial charge in [0.15, 0.2) is 0 Å². The van der Waals surface area contributed by atoms with Crippen LogP contribution in [0.4, 0.5) is 10.1 Å². The Morgan fingerprint density at radius 2 is 2.12 bits per heavy atom. The molecule has 0 amide bonds. The molecule has 0 aromatic heterocycles. The van der Waals surface area contributed by atoms with Crippen molar-refractivity contribution in [1.82, 2.24) is 0 Å². The fourth-order valence-electron chi connectivity index (χ4n) is 1.14. The summed E-state index contributed by atoms with van der Waals surface area (Å²) >= 11 is 1.56. The van der Waals surface area contributed by atoms with Gasteiger partial charge < -0.3 is 10.5 Å². The van der Waals surface area contributed by atoms with Crippen LogP contribution >= 0.6 is 11.8 Å². The Labute approximate surface area is 100 Å². The van der Waals surface area contributed by atoms with Crippen LogP contribution in [0, 0.1) is 5.82 Å². The number of hydrogen-bond donors (Lipinski definition) is 1. The molecule has 2 N–H and O–H groups in total. The van der Waals surface area contributed by atoms with Gasteiger partial charge in [-0.1, -0.05) is 0 Å². The first-order chi connectivity index (χ1) is 7.44. The molecule has 1 aromatic rings. The molecule has 16 heavy (non-hydrogen) atoms. The van der Waals surface area contributed by atoms with Crippen molar-refractivity contribution >= 4 is 17.4 Å². The Morgan fingerprint density at radius 3 is 2.75 bits per heavy atom. The van der Waals surface area contributed by atoms with Gasteiger partial charge in [-0.15, -0.1) is 11.8 Å². The van der Waals surface area contributed by atoms with Crippen molar-refractivity contribution in [2.75, 3.05) is 18.6 Å². The molecule has 0 aliphatic rings. The molecule has 0 saturated heterocycles. The molecule has 90 valence electrons. The van der Waals surface area contributed by atoms with E-state index in [1.54, 1.807) is 24.9 Å². The van der Waals surface area contributed by atoms with Crippen molar-refractivity contribution in [3.05, 3.63) is 24.0 Å². The molecule has 0 fully saturated rings. The number of halogens is 1. The molecule has 0 saturated carbocycles. The summed E-state index contributed by atoms with van der Waals surface area (Å²) in [6.07, 6.45) is 0.893. The molecule has 1 aromatic carbocycles. The molecule has 4 heteroatoms. The highest BCUT2D eigenvalue weighted by Gasteiger charge is 2.16. The first kappa shape index (κ1) is 13.3. The van der Waals surface area contributed by atoms with Gasteiger partial charge in [0.1, 0.15) is 5.82 Å². The number of rotatable bonds is 5. The van der Waals surface area contributed by atoms with Crippen molar-refractivity contribution in [1.29, 1.82) is 0 Å². The number of nitrogens with two attached hydrogens (primary N) is 1. The lowest BCUT2D eigenvalue weighted by molar-refractivity contribution is 0.0207. The lowest BCUT2D eigenvalue weighted by Gasteiger charge is -2.22. The standard InChI is InChI=1S/C12H18FNOS/c1-12(2,15-3)6-7-16-11-8-9(13)4-5-10(11)14/h4-5,8H,6-7,14H2,1-3H3. The maximum atomic E-state index is 13.0. The zero-order valence-electron chi connectivity index (χ0n) is 9.92. The van der Waals surface area contributed by atoms with E-state index in [-0.39, 0.29) is 11.4 Å². The molecular formula is C12H18FNOS. The summed E-state index contributed by atoms with van der Waals surface area (Å²) in [5, 5.41) is 0. The Hall–Kier alpha value is -0.740. The summed E-state index contributed by atoms with van der Waals surface area (Å²) in [6, 6.07) is 4.44. The predicted octanol–water partition coefficient (Wildman–Crippen LogP) is 3.32. The molecule has 0 radical (unpaired) electrons. The maximum Gasteiger partial charge on any atom is 0.124 e. The fourth-order valence-corrected chi connectivity index (χ4v) is 2.39. The monoisotopic (exact) mass is 243 g/mol. The van der Waals surface area contributed by atoms with E-state index in [4.69, 9.17) is 10.5 Å². The van der Waals surface area contributed by atoms with Gasteiger partial charge in [0, 0.05) is 23.4 Å². The summed E-state index contributed by atoms with van der Waals surface area (Å²) in [4.78, 5) is 0.798. The third kappa shape index (κ3) is 4.02. The van der Waals surface area contributed by atoms with E-state index in [0.29, 0.717) is 5.69 Å². The highest BCUT2D eigenvalue weighted by molar-refractivity contribution is 7.99. The van der Waals surface area contributed by atoms with E-state index >= 15 is 0 Å². The Bertz CT molecular complexity index is 355. The van der Waals surface area contributed by atoms with Crippen molar-refractivity contribution in [2.45, 2.75) is 30.8 Å². The molecule has 0 heterocycles. The van der Waals surface area contributed by atoms with Gasteiger partial charge in [-0.2, -0.15) is 0 Å². The highest BCUT2D eigenvalue weighted by Crippen LogP contribution is 2.28. The Balaban J connectivity index is 2.52. The number of ether oxygens (including phenoxy) is 1. The minimum atomic E-state index is -0.247. The normalized spacial score (nSPS) is 11.8. The number of methoxy groups -OCH3 is 1. The molecule has 1 rings (SSSR count). The number of thioether (sulfide) groups is 1. The zero-order chi connectivity index (χ0) is 12.2. The Morgan fingerprint density at radius 1 is 1.44 bits per heavy atom. The predicted molar refractivity (Wildman–Crippen MR) is 67.2 cm³/mol. The average Bonchev–Trinajstić information content (AvgIpc) is 2.23. The summed E-state index contributed by atoms with van der Waals surface area (Å²) in [5.41, 5.74) is 6.24. The largest absolute Gasteiger partial charge is 0.398 e. The molecule has 0 aliphatic heterocycles. The van der Waals surface area contributed by atoms with E-state index in [9.17, 15) is 4.39 Å². The minimum absolute atomic E-state index is 0.144. The van der Waals surface area contributed by atoms with Gasteiger partial charge in [-0.25, -0.2) is 4.39 Å². The summed E-state index contributed by atoms with van der Waals surface area (Å²) in [6.45, 7) is 4.06. The van der Waals surface area contributed by atoms with Gasteiger partial charge in [0.2, 0.25) is 0 Å². The van der Waals surface area contributed by atoms with Crippen molar-refractivity contribution in [3.63, 3.8) is 0 Å². The van der Waals surface area contributed by atoms with Gasteiger partial charge in [0.25, 0.3) is 0 Å². The summed E-state index contributed by atoms with van der Waals surface area (Å²) in [7, 11) is 1.70. The number of benzene rings is 1. The summed E-state index contributed by atoms with van der Waals surface area (Å²) < 4.78 is 18.3. The van der Waals surface area contributed by atoms with Crippen LogP contribution in [0.15, 0.2) is 23.1 Å². The third-order valence-electron chi connectivity index (χ3n) is 2.49. The van der Waals surface area contributed by atoms with Gasteiger partial charge in [-0.3, -0.25) is 0 Å². The van der Waals surface area contributed by atoms with E-state index < -0.39 is 0 Å². The van der Waals surface area contributed by atoms with Crippen LogP contribution in [0.25, 0.3) is 0 Å². The van der Waals surface area contributed by atoms with Crippen LogP contribution in [0.3, 0.4) is 0 Å². The first-order valence-corrected chi connectivity index (χ1v) is 6.16. The summed E-state index contributed by atoms with van der Waals surface area (Å²) in [5.74, 6) is 0.608. The quantitative estimate of drug-likeness (QED) is 0.636. The topological polar surface area (TPSA) is 35.2 Å². The molecule has 0 aliphatic carbocycles. The van der Waals surface area contributed by atoms with Crippen LogP contribution in [-0.4, -0.2) is 18.5 Å². The van der Waals surface area contributed by atoms with Crippen molar-refractivity contribution < 1.29 is 9.13 Å². The first-order valence-electron chi connectivity index (χ1n) is 5.17. The zero-order valence-corrected chi connectivity index (χ0v) is 10.7. The SMILES string of the molecule is COC(C)(C)CCSc1cc(F)ccc1N. The Kier molecular flexibility index (Phi) is 4.62. The van der Waals surface area contributed by atoms with E-state index in [0.717, 1.165) is 17.1 Å². The van der Waals surface area contributed by atoms with E-state index in [1.165, 1.54) is 12.1 Å². The molecular weight excluding hydrogens is 225 g/mol. The van der Waals surface area contributed by atoms with Crippen LogP contribution in [0.1, 0.15) is 20.3 Å². The maximum absolute atomic E-state index is 13.0. The van der Waals surface area contributed by atoms with Crippen LogP contribution in [0.2, 0.25) is 0 Å². The second-order valence-corrected chi connectivity index (χ2v) is 5.38. The second-order valence-electron chi connectivity index (χ2n) is 4.24. The van der Waals surface area contributed by atoms with Gasteiger partial charge >= 0.3 is 0 Å². The second kappa shape index (κ2) is 5.55. The lowest BCUT2D eigenvalue weighted by Crippen LogP contribution is -2.22. The molecule has 0 atom stereocenters. The van der Waals surface area contributed by atoms with Crippen molar-refractivity contribution in [2.24, 2.45) is 0 Å². The lowest BCUT2D eigenvalue weighted by atomic mass is 10.1. The average molecular weight is 243 g/mol. The van der Waals surface area contributed by atoms with Crippen LogP contribution < -0.4 is 5.73 Å². The third-order valence-corrected chi connectivity index (χ3v) is 3.56. The molecule has 0 bridgehead atoms.